The molecule has 1 amide bonds. The Balaban J connectivity index is 1.45. The Morgan fingerprint density at radius 3 is 2.27 bits per heavy atom. The van der Waals surface area contributed by atoms with Gasteiger partial charge in [0.25, 0.3) is 5.91 Å². The van der Waals surface area contributed by atoms with E-state index in [-0.39, 0.29) is 35.7 Å². The molecule has 2 aliphatic heterocycles. The van der Waals surface area contributed by atoms with Gasteiger partial charge in [0, 0.05) is 31.5 Å². The van der Waals surface area contributed by atoms with Gasteiger partial charge in [-0.2, -0.15) is 18.3 Å². The smallest absolute Gasteiger partial charge is 0.363 e. The molecular formula is C24H24F3N5O. The molecule has 1 aromatic heterocycles. The minimum absolute atomic E-state index is 0.0329. The summed E-state index contributed by atoms with van der Waals surface area (Å²) in [7, 11) is 0. The Kier molecular flexibility index (Phi) is 5.36. The summed E-state index contributed by atoms with van der Waals surface area (Å²) in [5.74, 6) is -0.305. The Morgan fingerprint density at radius 2 is 1.64 bits per heavy atom. The minimum Gasteiger partial charge on any atom is -0.363 e. The number of nitrogens with zero attached hydrogens (tertiary/aromatic N) is 3. The number of amides is 1. The first-order valence-electron chi connectivity index (χ1n) is 10.9. The molecule has 172 valence electrons. The number of likely N-dealkylation sites (tertiary alicyclic amines) is 1. The second-order valence-corrected chi connectivity index (χ2v) is 8.64. The van der Waals surface area contributed by atoms with Crippen molar-refractivity contribution < 1.29 is 18.0 Å². The zero-order valence-corrected chi connectivity index (χ0v) is 17.7. The third kappa shape index (κ3) is 3.97. The molecule has 0 bridgehead atoms. The molecule has 0 saturated carbocycles. The number of fused-ring (bicyclic) bond motifs is 1. The summed E-state index contributed by atoms with van der Waals surface area (Å²) in [6.45, 7) is 0.729. The third-order valence-electron chi connectivity index (χ3n) is 6.55. The normalized spacial score (nSPS) is 24.9. The fourth-order valence-corrected chi connectivity index (χ4v) is 4.84. The molecule has 33 heavy (non-hydrogen) atoms. The summed E-state index contributed by atoms with van der Waals surface area (Å²) in [6, 6.07) is 16.0. The van der Waals surface area contributed by atoms with E-state index >= 15 is 0 Å². The molecule has 0 spiro atoms. The van der Waals surface area contributed by atoms with Gasteiger partial charge in [-0.15, -0.1) is 0 Å². The second-order valence-electron chi connectivity index (χ2n) is 8.64. The van der Waals surface area contributed by atoms with Crippen molar-refractivity contribution in [2.24, 2.45) is 5.73 Å². The molecular weight excluding hydrogens is 431 g/mol. The Labute approximate surface area is 189 Å². The van der Waals surface area contributed by atoms with Gasteiger partial charge in [-0.1, -0.05) is 60.7 Å². The molecule has 0 aliphatic carbocycles. The number of nitrogens with one attached hydrogen (secondary N) is 1. The fraction of sp³-hybridized carbons (Fsp3) is 0.333. The van der Waals surface area contributed by atoms with Crippen LogP contribution in [-0.4, -0.2) is 45.9 Å². The van der Waals surface area contributed by atoms with Crippen LogP contribution in [0.15, 0.2) is 66.9 Å². The van der Waals surface area contributed by atoms with E-state index in [1.807, 2.05) is 36.4 Å². The van der Waals surface area contributed by atoms with Crippen LogP contribution in [0.25, 0.3) is 0 Å². The van der Waals surface area contributed by atoms with Crippen LogP contribution in [0.3, 0.4) is 0 Å². The van der Waals surface area contributed by atoms with Crippen LogP contribution in [-0.2, 0) is 0 Å². The molecule has 3 N–H and O–H groups in total. The molecule has 4 unspecified atom stereocenters. The van der Waals surface area contributed by atoms with Crippen molar-refractivity contribution in [2.75, 3.05) is 18.4 Å². The van der Waals surface area contributed by atoms with Gasteiger partial charge in [0.2, 0.25) is 0 Å². The monoisotopic (exact) mass is 455 g/mol. The summed E-state index contributed by atoms with van der Waals surface area (Å²) in [5, 5.41) is 7.12. The number of aromatic nitrogens is 2. The number of hydrogen-bond acceptors (Lipinski definition) is 4. The van der Waals surface area contributed by atoms with E-state index in [1.54, 1.807) is 29.2 Å². The first kappa shape index (κ1) is 21.5. The average Bonchev–Trinajstić information content (AvgIpc) is 3.42. The number of nitrogens with two attached hydrogens (primary N) is 1. The molecule has 9 heteroatoms. The quantitative estimate of drug-likeness (QED) is 0.623. The number of halogens is 3. The van der Waals surface area contributed by atoms with Crippen molar-refractivity contribution in [3.05, 3.63) is 83.6 Å². The molecule has 2 aliphatic rings. The largest absolute Gasteiger partial charge is 0.410 e. The van der Waals surface area contributed by atoms with E-state index in [0.717, 1.165) is 15.8 Å². The lowest BCUT2D eigenvalue weighted by atomic mass is 9.95. The van der Waals surface area contributed by atoms with Crippen molar-refractivity contribution in [3.63, 3.8) is 0 Å². The van der Waals surface area contributed by atoms with E-state index in [1.165, 1.54) is 6.20 Å². The van der Waals surface area contributed by atoms with E-state index in [4.69, 9.17) is 5.73 Å². The summed E-state index contributed by atoms with van der Waals surface area (Å²) in [4.78, 5) is 15.0. The maximum Gasteiger partial charge on any atom is 0.410 e. The Bertz CT molecular complexity index is 1130. The molecule has 5 rings (SSSR count). The molecule has 4 atom stereocenters. The van der Waals surface area contributed by atoms with E-state index in [2.05, 4.69) is 10.4 Å². The van der Waals surface area contributed by atoms with Gasteiger partial charge in [0.15, 0.2) is 6.04 Å². The first-order valence-corrected chi connectivity index (χ1v) is 10.9. The highest BCUT2D eigenvalue weighted by atomic mass is 19.4. The number of benzene rings is 2. The predicted octanol–water partition coefficient (Wildman–Crippen LogP) is 4.11. The maximum atomic E-state index is 13.9. The van der Waals surface area contributed by atoms with Crippen molar-refractivity contribution in [3.8, 4) is 0 Å². The highest BCUT2D eigenvalue weighted by Gasteiger charge is 2.47. The number of rotatable bonds is 3. The second kappa shape index (κ2) is 8.22. The first-order chi connectivity index (χ1) is 15.8. The predicted molar refractivity (Wildman–Crippen MR) is 118 cm³/mol. The van der Waals surface area contributed by atoms with Crippen molar-refractivity contribution in [1.82, 2.24) is 14.7 Å². The summed E-state index contributed by atoms with van der Waals surface area (Å²) < 4.78 is 42.6. The molecule has 3 aromatic rings. The maximum absolute atomic E-state index is 13.9. The topological polar surface area (TPSA) is 76.2 Å². The van der Waals surface area contributed by atoms with Crippen LogP contribution in [0.1, 0.15) is 45.9 Å². The highest BCUT2D eigenvalue weighted by molar-refractivity contribution is 5.99. The van der Waals surface area contributed by atoms with Gasteiger partial charge in [-0.05, 0) is 11.1 Å². The number of alkyl halides is 3. The van der Waals surface area contributed by atoms with Crippen LogP contribution < -0.4 is 11.1 Å². The summed E-state index contributed by atoms with van der Waals surface area (Å²) in [5.41, 5.74) is 8.22. The molecule has 3 heterocycles. The summed E-state index contributed by atoms with van der Waals surface area (Å²) >= 11 is 0. The van der Waals surface area contributed by atoms with Gasteiger partial charge in [0.05, 0.1) is 12.2 Å². The van der Waals surface area contributed by atoms with Gasteiger partial charge in [0.1, 0.15) is 11.4 Å². The van der Waals surface area contributed by atoms with Gasteiger partial charge in [-0.3, -0.25) is 4.79 Å². The standard InChI is InChI=1S/C24H24F3N5O/c25-24(26,27)21-11-20(16-9-5-2-6-10-16)30-22-17(12-29-32(21)22)23(33)31-13-18(19(28)14-31)15-7-3-1-4-8-15/h1-10,12,18-21,30H,11,13-14,28H2. The van der Waals surface area contributed by atoms with E-state index < -0.39 is 18.3 Å². The summed E-state index contributed by atoms with van der Waals surface area (Å²) in [6.07, 6.45) is -3.47. The lowest BCUT2D eigenvalue weighted by Crippen LogP contribution is -2.37. The Hall–Kier alpha value is -3.33. The van der Waals surface area contributed by atoms with Crippen LogP contribution >= 0.6 is 0 Å². The zero-order valence-electron chi connectivity index (χ0n) is 17.7. The number of carbonyl (C=O) groups excluding carboxylic acids is 1. The van der Waals surface area contributed by atoms with Gasteiger partial charge >= 0.3 is 6.18 Å². The zero-order chi connectivity index (χ0) is 23.2. The SMILES string of the molecule is NC1CN(C(=O)c2cnn3c2NC(c2ccccc2)CC3C(F)(F)F)CC1c1ccccc1. The molecule has 0 radical (unpaired) electrons. The van der Waals surface area contributed by atoms with Gasteiger partial charge < -0.3 is 16.0 Å². The van der Waals surface area contributed by atoms with Crippen LogP contribution in [0, 0.1) is 0 Å². The number of anilines is 1. The number of hydrogen-bond donors (Lipinski definition) is 2. The van der Waals surface area contributed by atoms with Gasteiger partial charge in [-0.25, -0.2) is 4.68 Å². The van der Waals surface area contributed by atoms with Crippen LogP contribution in [0.5, 0.6) is 0 Å². The minimum atomic E-state index is -4.50. The van der Waals surface area contributed by atoms with E-state index in [0.29, 0.717) is 13.1 Å². The van der Waals surface area contributed by atoms with Crippen molar-refractivity contribution in [2.45, 2.75) is 36.6 Å². The fourth-order valence-electron chi connectivity index (χ4n) is 4.84. The number of carbonyl (C=O) groups is 1. The third-order valence-corrected chi connectivity index (χ3v) is 6.55. The molecule has 1 saturated heterocycles. The highest BCUT2D eigenvalue weighted by Crippen LogP contribution is 2.44. The van der Waals surface area contributed by atoms with Crippen molar-refractivity contribution >= 4 is 11.7 Å². The molecule has 6 nitrogen and oxygen atoms in total. The van der Waals surface area contributed by atoms with Crippen LogP contribution in [0.4, 0.5) is 19.0 Å². The Morgan fingerprint density at radius 1 is 1.00 bits per heavy atom. The van der Waals surface area contributed by atoms with Crippen LogP contribution in [0.2, 0.25) is 0 Å². The van der Waals surface area contributed by atoms with Crippen molar-refractivity contribution in [1.29, 1.82) is 0 Å². The van der Waals surface area contributed by atoms with E-state index in [9.17, 15) is 18.0 Å². The lowest BCUT2D eigenvalue weighted by molar-refractivity contribution is -0.173. The average molecular weight is 455 g/mol. The molecule has 2 aromatic carbocycles. The lowest BCUT2D eigenvalue weighted by Gasteiger charge is -2.34. The molecule has 1 fully saturated rings.